The molecule has 2 heterocycles. The van der Waals surface area contributed by atoms with Crippen LogP contribution in [-0.4, -0.2) is 28.1 Å². The number of ether oxygens (including phenoxy) is 1. The van der Waals surface area contributed by atoms with Gasteiger partial charge in [-0.1, -0.05) is 11.2 Å². The molecule has 2 aromatic heterocycles. The number of benzene rings is 2. The molecule has 0 bridgehead atoms. The lowest BCUT2D eigenvalue weighted by molar-refractivity contribution is 0.102. The van der Waals surface area contributed by atoms with E-state index in [1.807, 2.05) is 36.4 Å². The van der Waals surface area contributed by atoms with Gasteiger partial charge in [-0.2, -0.15) is 4.98 Å². The number of methoxy groups -OCH3 is 1. The van der Waals surface area contributed by atoms with Crippen LogP contribution in [0.2, 0.25) is 0 Å². The zero-order valence-corrected chi connectivity index (χ0v) is 15.0. The summed E-state index contributed by atoms with van der Waals surface area (Å²) < 4.78 is 10.5. The molecule has 4 aromatic rings. The number of aromatic nitrogens is 3. The van der Waals surface area contributed by atoms with Crippen molar-refractivity contribution in [3.05, 3.63) is 78.6 Å². The fourth-order valence-corrected chi connectivity index (χ4v) is 2.63. The monoisotopic (exact) mass is 372 g/mol. The number of carbonyl (C=O) groups is 1. The maximum atomic E-state index is 12.3. The van der Waals surface area contributed by atoms with Crippen LogP contribution < -0.4 is 10.1 Å². The number of amides is 1. The number of carbonyl (C=O) groups excluding carboxylic acids is 1. The lowest BCUT2D eigenvalue weighted by Gasteiger charge is -2.05. The molecule has 138 valence electrons. The predicted octanol–water partition coefficient (Wildman–Crippen LogP) is 4.06. The van der Waals surface area contributed by atoms with Crippen molar-refractivity contribution < 1.29 is 14.1 Å². The molecule has 0 spiro atoms. The molecule has 1 N–H and O–H groups in total. The van der Waals surface area contributed by atoms with Crippen molar-refractivity contribution in [1.82, 2.24) is 15.1 Å². The summed E-state index contributed by atoms with van der Waals surface area (Å²) in [6.07, 6.45) is 3.13. The van der Waals surface area contributed by atoms with Crippen molar-refractivity contribution >= 4 is 11.6 Å². The summed E-state index contributed by atoms with van der Waals surface area (Å²) in [4.78, 5) is 20.7. The van der Waals surface area contributed by atoms with E-state index in [0.717, 1.165) is 11.3 Å². The van der Waals surface area contributed by atoms with Gasteiger partial charge in [-0.05, 0) is 54.6 Å². The van der Waals surface area contributed by atoms with Gasteiger partial charge in [0.25, 0.3) is 11.8 Å². The van der Waals surface area contributed by atoms with E-state index in [-0.39, 0.29) is 5.91 Å². The van der Waals surface area contributed by atoms with Crippen molar-refractivity contribution in [2.75, 3.05) is 12.4 Å². The highest BCUT2D eigenvalue weighted by atomic mass is 16.5. The van der Waals surface area contributed by atoms with E-state index in [9.17, 15) is 4.79 Å². The first-order valence-electron chi connectivity index (χ1n) is 8.53. The third-order valence-corrected chi connectivity index (χ3v) is 4.07. The van der Waals surface area contributed by atoms with E-state index in [4.69, 9.17) is 9.26 Å². The molecule has 1 amide bonds. The molecule has 7 nitrogen and oxygen atoms in total. The normalized spacial score (nSPS) is 10.5. The summed E-state index contributed by atoms with van der Waals surface area (Å²) in [5, 5.41) is 6.87. The van der Waals surface area contributed by atoms with E-state index < -0.39 is 0 Å². The Morgan fingerprint density at radius 3 is 2.64 bits per heavy atom. The molecular formula is C21H16N4O3. The van der Waals surface area contributed by atoms with Gasteiger partial charge in [0.1, 0.15) is 5.75 Å². The topological polar surface area (TPSA) is 90.1 Å². The van der Waals surface area contributed by atoms with Gasteiger partial charge in [-0.3, -0.25) is 9.78 Å². The predicted molar refractivity (Wildman–Crippen MR) is 104 cm³/mol. The minimum Gasteiger partial charge on any atom is -0.497 e. The Bertz CT molecular complexity index is 1090. The first kappa shape index (κ1) is 17.4. The van der Waals surface area contributed by atoms with Crippen LogP contribution >= 0.6 is 0 Å². The smallest absolute Gasteiger partial charge is 0.258 e. The minimum absolute atomic E-state index is 0.241. The van der Waals surface area contributed by atoms with E-state index in [1.54, 1.807) is 37.6 Å². The summed E-state index contributed by atoms with van der Waals surface area (Å²) >= 11 is 0. The molecule has 0 aliphatic carbocycles. The number of anilines is 1. The fourth-order valence-electron chi connectivity index (χ4n) is 2.63. The zero-order valence-electron chi connectivity index (χ0n) is 15.0. The van der Waals surface area contributed by atoms with Gasteiger partial charge in [-0.15, -0.1) is 0 Å². The number of hydrogen-bond acceptors (Lipinski definition) is 6. The van der Waals surface area contributed by atoms with E-state index >= 15 is 0 Å². The second kappa shape index (κ2) is 7.71. The molecule has 0 saturated carbocycles. The summed E-state index contributed by atoms with van der Waals surface area (Å²) in [5.41, 5.74) is 2.62. The highest BCUT2D eigenvalue weighted by Gasteiger charge is 2.12. The standard InChI is InChI=1S/C21H16N4O3/c1-27-18-9-7-14(8-10-18)19-24-21(28-25-19)15-4-2-6-17(12-15)23-20(26)16-5-3-11-22-13-16/h2-13H,1H3,(H,23,26). The van der Waals surface area contributed by atoms with E-state index in [2.05, 4.69) is 20.4 Å². The Balaban J connectivity index is 1.54. The Morgan fingerprint density at radius 1 is 1.04 bits per heavy atom. The molecule has 0 aliphatic heterocycles. The molecule has 4 rings (SSSR count). The van der Waals surface area contributed by atoms with Crippen LogP contribution in [0, 0.1) is 0 Å². The second-order valence-corrected chi connectivity index (χ2v) is 5.93. The molecule has 28 heavy (non-hydrogen) atoms. The van der Waals surface area contributed by atoms with Crippen molar-refractivity contribution in [3.63, 3.8) is 0 Å². The van der Waals surface area contributed by atoms with Gasteiger partial charge < -0.3 is 14.6 Å². The largest absolute Gasteiger partial charge is 0.497 e. The average Bonchev–Trinajstić information content (AvgIpc) is 3.25. The molecule has 2 aromatic carbocycles. The molecule has 0 fully saturated rings. The number of hydrogen-bond donors (Lipinski definition) is 1. The lowest BCUT2D eigenvalue weighted by atomic mass is 10.2. The Kier molecular flexibility index (Phi) is 4.79. The third kappa shape index (κ3) is 3.73. The number of nitrogens with one attached hydrogen (secondary N) is 1. The first-order valence-corrected chi connectivity index (χ1v) is 8.53. The molecule has 0 atom stereocenters. The van der Waals surface area contributed by atoms with Crippen molar-refractivity contribution in [3.8, 4) is 28.6 Å². The fraction of sp³-hybridized carbons (Fsp3) is 0.0476. The van der Waals surface area contributed by atoms with Crippen molar-refractivity contribution in [2.45, 2.75) is 0 Å². The van der Waals surface area contributed by atoms with E-state index in [1.165, 1.54) is 6.20 Å². The SMILES string of the molecule is COc1ccc(-c2noc(-c3cccc(NC(=O)c4cccnc4)c3)n2)cc1. The maximum absolute atomic E-state index is 12.3. The molecule has 0 radical (unpaired) electrons. The number of rotatable bonds is 5. The van der Waals surface area contributed by atoms with Gasteiger partial charge in [0.05, 0.1) is 12.7 Å². The van der Waals surface area contributed by atoms with Gasteiger partial charge in [-0.25, -0.2) is 0 Å². The van der Waals surface area contributed by atoms with Crippen LogP contribution in [0.25, 0.3) is 22.8 Å². The quantitative estimate of drug-likeness (QED) is 0.568. The van der Waals surface area contributed by atoms with Crippen LogP contribution in [0.5, 0.6) is 5.75 Å². The zero-order chi connectivity index (χ0) is 19.3. The van der Waals surface area contributed by atoms with Crippen molar-refractivity contribution in [2.24, 2.45) is 0 Å². The van der Waals surface area contributed by atoms with Gasteiger partial charge >= 0.3 is 0 Å². The second-order valence-electron chi connectivity index (χ2n) is 5.93. The maximum Gasteiger partial charge on any atom is 0.258 e. The Labute approximate surface area is 161 Å². The highest BCUT2D eigenvalue weighted by molar-refractivity contribution is 6.04. The molecular weight excluding hydrogens is 356 g/mol. The first-order chi connectivity index (χ1) is 13.7. The summed E-state index contributed by atoms with van der Waals surface area (Å²) in [6.45, 7) is 0. The summed E-state index contributed by atoms with van der Waals surface area (Å²) in [5.74, 6) is 1.35. The Morgan fingerprint density at radius 2 is 1.89 bits per heavy atom. The lowest BCUT2D eigenvalue weighted by Crippen LogP contribution is -2.11. The van der Waals surface area contributed by atoms with Crippen LogP contribution in [0.3, 0.4) is 0 Å². The number of pyridine rings is 1. The minimum atomic E-state index is -0.241. The van der Waals surface area contributed by atoms with Crippen LogP contribution in [0.1, 0.15) is 10.4 Å². The van der Waals surface area contributed by atoms with Gasteiger partial charge in [0.2, 0.25) is 5.82 Å². The Hall–Kier alpha value is -4.00. The van der Waals surface area contributed by atoms with Crippen LogP contribution in [-0.2, 0) is 0 Å². The molecule has 0 saturated heterocycles. The number of nitrogens with zero attached hydrogens (tertiary/aromatic N) is 3. The van der Waals surface area contributed by atoms with Gasteiger partial charge in [0, 0.05) is 29.2 Å². The highest BCUT2D eigenvalue weighted by Crippen LogP contribution is 2.25. The third-order valence-electron chi connectivity index (χ3n) is 4.07. The summed E-state index contributed by atoms with van der Waals surface area (Å²) in [7, 11) is 1.61. The van der Waals surface area contributed by atoms with E-state index in [0.29, 0.717) is 28.5 Å². The average molecular weight is 372 g/mol. The summed E-state index contributed by atoms with van der Waals surface area (Å²) in [6, 6.07) is 18.0. The van der Waals surface area contributed by atoms with Crippen molar-refractivity contribution in [1.29, 1.82) is 0 Å². The van der Waals surface area contributed by atoms with Gasteiger partial charge in [0.15, 0.2) is 0 Å². The molecule has 0 unspecified atom stereocenters. The van der Waals surface area contributed by atoms with Crippen LogP contribution in [0.15, 0.2) is 77.6 Å². The van der Waals surface area contributed by atoms with Crippen LogP contribution in [0.4, 0.5) is 5.69 Å². The molecule has 0 aliphatic rings. The molecule has 7 heteroatoms.